The van der Waals surface area contributed by atoms with Crippen molar-refractivity contribution in [1.29, 1.82) is 0 Å². The van der Waals surface area contributed by atoms with Gasteiger partial charge >= 0.3 is 0 Å². The molecule has 0 aliphatic heterocycles. The zero-order valence-electron chi connectivity index (χ0n) is 7.69. The van der Waals surface area contributed by atoms with Crippen molar-refractivity contribution in [2.45, 2.75) is 0 Å². The number of hydrogen-bond acceptors (Lipinski definition) is 2. The number of phenols is 1. The van der Waals surface area contributed by atoms with Crippen LogP contribution in [0.1, 0.15) is 0 Å². The zero-order chi connectivity index (χ0) is 10.1. The standard InChI is InChI=1S/C10H10N2O2/c1-12-10(14)6-9(11-12)7-3-2-4-8(13)5-7/h2-6,11,13H,1H3. The highest BCUT2D eigenvalue weighted by atomic mass is 16.3. The lowest BCUT2D eigenvalue weighted by Crippen LogP contribution is -2.09. The molecule has 2 N–H and O–H groups in total. The molecule has 0 saturated heterocycles. The van der Waals surface area contributed by atoms with E-state index in [1.54, 1.807) is 25.2 Å². The number of nitrogens with one attached hydrogen (secondary N) is 1. The second-order valence-electron chi connectivity index (χ2n) is 3.12. The van der Waals surface area contributed by atoms with Crippen LogP contribution in [-0.2, 0) is 7.05 Å². The average Bonchev–Trinajstić information content (AvgIpc) is 2.47. The van der Waals surface area contributed by atoms with Crippen molar-refractivity contribution in [2.75, 3.05) is 0 Å². The van der Waals surface area contributed by atoms with E-state index in [-0.39, 0.29) is 11.3 Å². The van der Waals surface area contributed by atoms with Gasteiger partial charge in [-0.2, -0.15) is 0 Å². The van der Waals surface area contributed by atoms with Crippen LogP contribution < -0.4 is 5.56 Å². The number of aryl methyl sites for hydroxylation is 1. The van der Waals surface area contributed by atoms with Gasteiger partial charge in [0.2, 0.25) is 0 Å². The van der Waals surface area contributed by atoms with Crippen LogP contribution in [0.15, 0.2) is 35.1 Å². The van der Waals surface area contributed by atoms with Gasteiger partial charge in [0.1, 0.15) is 5.75 Å². The summed E-state index contributed by atoms with van der Waals surface area (Å²) in [6.45, 7) is 0. The number of phenolic OH excluding ortho intramolecular Hbond substituents is 1. The Labute approximate surface area is 80.4 Å². The average molecular weight is 190 g/mol. The molecule has 1 aromatic carbocycles. The van der Waals surface area contributed by atoms with Crippen molar-refractivity contribution >= 4 is 0 Å². The van der Waals surface area contributed by atoms with Gasteiger partial charge < -0.3 is 5.11 Å². The van der Waals surface area contributed by atoms with Gasteiger partial charge in [-0.15, -0.1) is 0 Å². The number of hydrogen-bond donors (Lipinski definition) is 2. The number of H-pyrrole nitrogens is 1. The molecule has 0 aliphatic rings. The van der Waals surface area contributed by atoms with Crippen molar-refractivity contribution in [1.82, 2.24) is 9.78 Å². The maximum absolute atomic E-state index is 11.2. The van der Waals surface area contributed by atoms with E-state index in [1.807, 2.05) is 6.07 Å². The summed E-state index contributed by atoms with van der Waals surface area (Å²) in [4.78, 5) is 11.2. The van der Waals surface area contributed by atoms with E-state index in [9.17, 15) is 9.90 Å². The molecule has 1 aromatic heterocycles. The predicted octanol–water partition coefficient (Wildman–Crippen LogP) is 1.09. The predicted molar refractivity (Wildman–Crippen MR) is 53.1 cm³/mol. The Morgan fingerprint density at radius 2 is 2.14 bits per heavy atom. The van der Waals surface area contributed by atoms with Crippen LogP contribution in [0.2, 0.25) is 0 Å². The zero-order valence-corrected chi connectivity index (χ0v) is 7.69. The van der Waals surface area contributed by atoms with Crippen LogP contribution in [0.4, 0.5) is 0 Å². The summed E-state index contributed by atoms with van der Waals surface area (Å²) >= 11 is 0. The van der Waals surface area contributed by atoms with Crippen molar-refractivity contribution in [3.05, 3.63) is 40.7 Å². The number of rotatable bonds is 1. The highest BCUT2D eigenvalue weighted by Gasteiger charge is 2.02. The first-order chi connectivity index (χ1) is 6.66. The number of aromatic nitrogens is 2. The maximum Gasteiger partial charge on any atom is 0.266 e. The fraction of sp³-hybridized carbons (Fsp3) is 0.100. The first-order valence-corrected chi connectivity index (χ1v) is 4.22. The van der Waals surface area contributed by atoms with Crippen LogP contribution in [-0.4, -0.2) is 14.9 Å². The number of aromatic amines is 1. The Balaban J connectivity index is 2.54. The van der Waals surface area contributed by atoms with Gasteiger partial charge in [-0.3, -0.25) is 14.6 Å². The van der Waals surface area contributed by atoms with Gasteiger partial charge in [0, 0.05) is 18.7 Å². The second kappa shape index (κ2) is 3.06. The van der Waals surface area contributed by atoms with E-state index < -0.39 is 0 Å². The molecule has 0 amide bonds. The van der Waals surface area contributed by atoms with E-state index in [2.05, 4.69) is 5.10 Å². The Kier molecular flexibility index (Phi) is 1.89. The molecule has 72 valence electrons. The summed E-state index contributed by atoms with van der Waals surface area (Å²) in [7, 11) is 1.65. The molecule has 0 bridgehead atoms. The van der Waals surface area contributed by atoms with Crippen LogP contribution in [0, 0.1) is 0 Å². The molecule has 0 atom stereocenters. The molecule has 0 spiro atoms. The van der Waals surface area contributed by atoms with Crippen molar-refractivity contribution in [3.8, 4) is 17.0 Å². The van der Waals surface area contributed by atoms with E-state index >= 15 is 0 Å². The third kappa shape index (κ3) is 1.42. The minimum Gasteiger partial charge on any atom is -0.508 e. The van der Waals surface area contributed by atoms with Crippen LogP contribution >= 0.6 is 0 Å². The summed E-state index contributed by atoms with van der Waals surface area (Å²) in [6, 6.07) is 8.24. The largest absolute Gasteiger partial charge is 0.508 e. The smallest absolute Gasteiger partial charge is 0.266 e. The summed E-state index contributed by atoms with van der Waals surface area (Å²) < 4.78 is 1.39. The lowest BCUT2D eigenvalue weighted by Gasteiger charge is -1.97. The molecule has 0 unspecified atom stereocenters. The van der Waals surface area contributed by atoms with Crippen molar-refractivity contribution in [3.63, 3.8) is 0 Å². The topological polar surface area (TPSA) is 58.0 Å². The number of benzene rings is 1. The molecule has 2 rings (SSSR count). The van der Waals surface area contributed by atoms with Crippen LogP contribution in [0.25, 0.3) is 11.3 Å². The Morgan fingerprint density at radius 1 is 1.36 bits per heavy atom. The van der Waals surface area contributed by atoms with Crippen LogP contribution in [0.3, 0.4) is 0 Å². The fourth-order valence-electron chi connectivity index (χ4n) is 1.31. The Morgan fingerprint density at radius 3 is 2.71 bits per heavy atom. The molecular weight excluding hydrogens is 180 g/mol. The molecule has 2 aromatic rings. The first-order valence-electron chi connectivity index (χ1n) is 4.22. The number of nitrogens with zero attached hydrogens (tertiary/aromatic N) is 1. The summed E-state index contributed by atoms with van der Waals surface area (Å²) in [6.07, 6.45) is 0. The van der Waals surface area contributed by atoms with E-state index in [0.717, 1.165) is 5.56 Å². The lowest BCUT2D eigenvalue weighted by molar-refractivity contribution is 0.475. The first kappa shape index (κ1) is 8.62. The highest BCUT2D eigenvalue weighted by molar-refractivity contribution is 5.60. The summed E-state index contributed by atoms with van der Waals surface area (Å²) in [5.41, 5.74) is 1.40. The SMILES string of the molecule is Cn1[nH]c(-c2cccc(O)c2)cc1=O. The molecule has 4 nitrogen and oxygen atoms in total. The van der Waals surface area contributed by atoms with E-state index in [1.165, 1.54) is 10.7 Å². The van der Waals surface area contributed by atoms with Crippen molar-refractivity contribution in [2.24, 2.45) is 7.05 Å². The molecular formula is C10H10N2O2. The Hall–Kier alpha value is -1.97. The van der Waals surface area contributed by atoms with Gasteiger partial charge in [-0.1, -0.05) is 12.1 Å². The molecule has 1 heterocycles. The molecule has 0 saturated carbocycles. The minimum atomic E-state index is -0.0941. The Bertz CT molecular complexity index is 511. The molecule has 14 heavy (non-hydrogen) atoms. The number of aromatic hydroxyl groups is 1. The molecule has 0 radical (unpaired) electrons. The highest BCUT2D eigenvalue weighted by Crippen LogP contribution is 2.19. The van der Waals surface area contributed by atoms with E-state index in [0.29, 0.717) is 5.69 Å². The summed E-state index contributed by atoms with van der Waals surface area (Å²) in [5.74, 6) is 0.187. The van der Waals surface area contributed by atoms with Gasteiger partial charge in [-0.25, -0.2) is 0 Å². The van der Waals surface area contributed by atoms with Gasteiger partial charge in [0.15, 0.2) is 0 Å². The van der Waals surface area contributed by atoms with Gasteiger partial charge in [0.25, 0.3) is 5.56 Å². The van der Waals surface area contributed by atoms with Crippen LogP contribution in [0.5, 0.6) is 5.75 Å². The van der Waals surface area contributed by atoms with Crippen molar-refractivity contribution < 1.29 is 5.11 Å². The molecule has 0 aliphatic carbocycles. The normalized spacial score (nSPS) is 10.4. The van der Waals surface area contributed by atoms with E-state index in [4.69, 9.17) is 0 Å². The lowest BCUT2D eigenvalue weighted by atomic mass is 10.1. The minimum absolute atomic E-state index is 0.0941. The second-order valence-corrected chi connectivity index (χ2v) is 3.12. The quantitative estimate of drug-likeness (QED) is 0.707. The molecule has 4 heteroatoms. The fourth-order valence-corrected chi connectivity index (χ4v) is 1.31. The maximum atomic E-state index is 11.2. The van der Waals surface area contributed by atoms with Gasteiger partial charge in [-0.05, 0) is 12.1 Å². The monoisotopic (exact) mass is 190 g/mol. The third-order valence-electron chi connectivity index (χ3n) is 2.04. The molecule has 0 fully saturated rings. The summed E-state index contributed by atoms with van der Waals surface area (Å²) in [5, 5.41) is 12.1. The van der Waals surface area contributed by atoms with Gasteiger partial charge in [0.05, 0.1) is 5.69 Å². The third-order valence-corrected chi connectivity index (χ3v) is 2.04.